The van der Waals surface area contributed by atoms with Gasteiger partial charge in [0.1, 0.15) is 11.6 Å². The third-order valence-electron chi connectivity index (χ3n) is 2.55. The van der Waals surface area contributed by atoms with Gasteiger partial charge in [0.05, 0.1) is 19.7 Å². The van der Waals surface area contributed by atoms with Crippen molar-refractivity contribution >= 4 is 11.8 Å². The highest BCUT2D eigenvalue weighted by molar-refractivity contribution is 7.99. The molecular formula is C15H15FO2S. The highest BCUT2D eigenvalue weighted by Gasteiger charge is 1.97. The van der Waals surface area contributed by atoms with Gasteiger partial charge in [0, 0.05) is 4.90 Å². The van der Waals surface area contributed by atoms with E-state index in [9.17, 15) is 4.39 Å². The van der Waals surface area contributed by atoms with E-state index < -0.39 is 0 Å². The zero-order valence-corrected chi connectivity index (χ0v) is 11.5. The molecule has 19 heavy (non-hydrogen) atoms. The Morgan fingerprint density at radius 2 is 1.68 bits per heavy atom. The van der Waals surface area contributed by atoms with E-state index in [1.807, 2.05) is 24.3 Å². The van der Waals surface area contributed by atoms with Crippen molar-refractivity contribution in [3.8, 4) is 5.75 Å². The molecule has 0 unspecified atom stereocenters. The lowest BCUT2D eigenvalue weighted by atomic mass is 10.2. The Labute approximate surface area is 116 Å². The van der Waals surface area contributed by atoms with E-state index in [0.717, 1.165) is 16.2 Å². The molecule has 2 aromatic rings. The molecule has 0 aliphatic heterocycles. The summed E-state index contributed by atoms with van der Waals surface area (Å²) in [6.07, 6.45) is 0. The van der Waals surface area contributed by atoms with Crippen LogP contribution in [0, 0.1) is 5.82 Å². The largest absolute Gasteiger partial charge is 0.497 e. The molecule has 0 aliphatic carbocycles. The molecule has 0 radical (unpaired) electrons. The van der Waals surface area contributed by atoms with Gasteiger partial charge in [0.2, 0.25) is 0 Å². The van der Waals surface area contributed by atoms with Gasteiger partial charge in [0.25, 0.3) is 0 Å². The number of methoxy groups -OCH3 is 1. The second kappa shape index (κ2) is 7.16. The molecule has 0 spiro atoms. The summed E-state index contributed by atoms with van der Waals surface area (Å²) in [4.78, 5) is 0.996. The van der Waals surface area contributed by atoms with Crippen LogP contribution >= 0.6 is 11.8 Å². The van der Waals surface area contributed by atoms with E-state index in [2.05, 4.69) is 0 Å². The Morgan fingerprint density at radius 3 is 2.32 bits per heavy atom. The second-order valence-electron chi connectivity index (χ2n) is 3.91. The summed E-state index contributed by atoms with van der Waals surface area (Å²) in [5.41, 5.74) is 1.10. The molecule has 0 aliphatic rings. The molecule has 0 fully saturated rings. The minimum atomic E-state index is -0.219. The van der Waals surface area contributed by atoms with Crippen LogP contribution in [0.5, 0.6) is 5.75 Å². The topological polar surface area (TPSA) is 18.5 Å². The van der Waals surface area contributed by atoms with Crippen molar-refractivity contribution in [3.05, 3.63) is 59.9 Å². The van der Waals surface area contributed by atoms with Crippen molar-refractivity contribution in [3.63, 3.8) is 0 Å². The number of ether oxygens (including phenoxy) is 2. The molecule has 0 atom stereocenters. The molecule has 2 nitrogen and oxygen atoms in total. The van der Waals surface area contributed by atoms with E-state index in [4.69, 9.17) is 9.47 Å². The Balaban J connectivity index is 1.72. The number of hydrogen-bond donors (Lipinski definition) is 0. The van der Waals surface area contributed by atoms with Crippen LogP contribution in [0.1, 0.15) is 5.56 Å². The predicted octanol–water partition coefficient (Wildman–Crippen LogP) is 4.10. The van der Waals surface area contributed by atoms with Gasteiger partial charge in [-0.05, 0) is 42.0 Å². The first kappa shape index (κ1) is 13.9. The van der Waals surface area contributed by atoms with Gasteiger partial charge in [-0.15, -0.1) is 0 Å². The van der Waals surface area contributed by atoms with Crippen molar-refractivity contribution in [1.82, 2.24) is 0 Å². The molecule has 2 aromatic carbocycles. The molecule has 0 saturated carbocycles. The monoisotopic (exact) mass is 278 g/mol. The van der Waals surface area contributed by atoms with Crippen LogP contribution < -0.4 is 4.74 Å². The van der Waals surface area contributed by atoms with Gasteiger partial charge in [-0.25, -0.2) is 4.39 Å². The maximum absolute atomic E-state index is 12.7. The zero-order valence-electron chi connectivity index (χ0n) is 10.6. The molecule has 100 valence electrons. The summed E-state index contributed by atoms with van der Waals surface area (Å²) in [6.45, 7) is 0.554. The van der Waals surface area contributed by atoms with Gasteiger partial charge in [-0.3, -0.25) is 0 Å². The highest BCUT2D eigenvalue weighted by Crippen LogP contribution is 2.19. The third kappa shape index (κ3) is 4.58. The maximum Gasteiger partial charge on any atom is 0.123 e. The van der Waals surface area contributed by atoms with E-state index >= 15 is 0 Å². The molecule has 0 amide bonds. The lowest BCUT2D eigenvalue weighted by Gasteiger charge is -2.05. The van der Waals surface area contributed by atoms with Crippen LogP contribution in [-0.4, -0.2) is 13.0 Å². The lowest BCUT2D eigenvalue weighted by molar-refractivity contribution is 0.169. The minimum Gasteiger partial charge on any atom is -0.497 e. The van der Waals surface area contributed by atoms with Gasteiger partial charge >= 0.3 is 0 Å². The first-order chi connectivity index (χ1) is 9.28. The van der Waals surface area contributed by atoms with Crippen LogP contribution in [0.2, 0.25) is 0 Å². The average Bonchev–Trinajstić information content (AvgIpc) is 2.46. The number of rotatable bonds is 6. The Morgan fingerprint density at radius 1 is 1.00 bits per heavy atom. The number of thioether (sulfide) groups is 1. The molecule has 0 aromatic heterocycles. The maximum atomic E-state index is 12.7. The van der Waals surface area contributed by atoms with Crippen LogP contribution in [0.25, 0.3) is 0 Å². The van der Waals surface area contributed by atoms with Crippen molar-refractivity contribution in [2.24, 2.45) is 0 Å². The minimum absolute atomic E-state index is 0.219. The zero-order chi connectivity index (χ0) is 13.5. The third-order valence-corrected chi connectivity index (χ3v) is 3.44. The van der Waals surface area contributed by atoms with Crippen molar-refractivity contribution in [2.75, 3.05) is 13.0 Å². The van der Waals surface area contributed by atoms with Crippen LogP contribution in [0.4, 0.5) is 4.39 Å². The summed E-state index contributed by atoms with van der Waals surface area (Å²) in [7, 11) is 1.64. The normalized spacial score (nSPS) is 10.4. The van der Waals surface area contributed by atoms with E-state index in [1.165, 1.54) is 12.1 Å². The number of benzene rings is 2. The summed E-state index contributed by atoms with van der Waals surface area (Å²) >= 11 is 1.54. The van der Waals surface area contributed by atoms with E-state index in [-0.39, 0.29) is 5.82 Å². The average molecular weight is 278 g/mol. The summed E-state index contributed by atoms with van der Waals surface area (Å²) < 4.78 is 23.3. The fourth-order valence-corrected chi connectivity index (χ4v) is 2.15. The Bertz CT molecular complexity index is 497. The molecule has 0 heterocycles. The highest BCUT2D eigenvalue weighted by atomic mass is 32.2. The summed E-state index contributed by atoms with van der Waals surface area (Å²) in [5.74, 6) is 1.16. The number of halogens is 1. The van der Waals surface area contributed by atoms with Crippen molar-refractivity contribution < 1.29 is 13.9 Å². The van der Waals surface area contributed by atoms with Crippen LogP contribution in [-0.2, 0) is 11.3 Å². The van der Waals surface area contributed by atoms with Crippen LogP contribution in [0.15, 0.2) is 53.4 Å². The quantitative estimate of drug-likeness (QED) is 0.450. The molecule has 2 rings (SSSR count). The number of hydrogen-bond acceptors (Lipinski definition) is 3. The van der Waals surface area contributed by atoms with Crippen molar-refractivity contribution in [2.45, 2.75) is 11.5 Å². The fourth-order valence-electron chi connectivity index (χ4n) is 1.52. The lowest BCUT2D eigenvalue weighted by Crippen LogP contribution is -1.92. The van der Waals surface area contributed by atoms with Crippen LogP contribution in [0.3, 0.4) is 0 Å². The summed E-state index contributed by atoms with van der Waals surface area (Å²) in [5, 5.41) is 0. The van der Waals surface area contributed by atoms with Gasteiger partial charge in [-0.2, -0.15) is 0 Å². The molecule has 0 N–H and O–H groups in total. The molecule has 0 bridgehead atoms. The molecular weight excluding hydrogens is 263 g/mol. The first-order valence-corrected chi connectivity index (χ1v) is 6.85. The molecule has 0 saturated heterocycles. The SMILES string of the molecule is COc1ccc(COCSc2ccc(F)cc2)cc1. The standard InChI is InChI=1S/C15H15FO2S/c1-17-14-6-2-12(3-7-14)10-18-11-19-15-8-4-13(16)5-9-15/h2-9H,10-11H2,1H3. The van der Waals surface area contributed by atoms with E-state index in [0.29, 0.717) is 12.5 Å². The Hall–Kier alpha value is -1.52. The molecule has 4 heteroatoms. The smallest absolute Gasteiger partial charge is 0.123 e. The van der Waals surface area contributed by atoms with E-state index in [1.54, 1.807) is 31.0 Å². The second-order valence-corrected chi connectivity index (χ2v) is 4.91. The fraction of sp³-hybridized carbons (Fsp3) is 0.200. The summed E-state index contributed by atoms with van der Waals surface area (Å²) in [6, 6.07) is 14.2. The van der Waals surface area contributed by atoms with Gasteiger partial charge in [0.15, 0.2) is 0 Å². The Kier molecular flexibility index (Phi) is 5.24. The van der Waals surface area contributed by atoms with Gasteiger partial charge < -0.3 is 9.47 Å². The predicted molar refractivity (Wildman–Crippen MR) is 74.9 cm³/mol. The van der Waals surface area contributed by atoms with Crippen molar-refractivity contribution in [1.29, 1.82) is 0 Å². The van der Waals surface area contributed by atoms with Gasteiger partial charge in [-0.1, -0.05) is 23.9 Å². The first-order valence-electron chi connectivity index (χ1n) is 5.87.